The van der Waals surface area contributed by atoms with E-state index in [0.717, 1.165) is 11.1 Å². The summed E-state index contributed by atoms with van der Waals surface area (Å²) in [4.78, 5) is 11.4. The van der Waals surface area contributed by atoms with Crippen molar-refractivity contribution >= 4 is 5.78 Å². The smallest absolute Gasteiger partial charge is 0.185 e. The summed E-state index contributed by atoms with van der Waals surface area (Å²) >= 11 is 0. The maximum Gasteiger partial charge on any atom is 0.185 e. The first-order valence-corrected chi connectivity index (χ1v) is 4.38. The molecule has 0 bridgehead atoms. The van der Waals surface area contributed by atoms with Crippen LogP contribution in [0, 0.1) is 19.3 Å². The van der Waals surface area contributed by atoms with Gasteiger partial charge in [-0.2, -0.15) is 0 Å². The van der Waals surface area contributed by atoms with E-state index in [2.05, 4.69) is 12.5 Å². The molecule has 0 saturated carbocycles. The van der Waals surface area contributed by atoms with Crippen LogP contribution < -0.4 is 0 Å². The molecule has 1 rings (SSSR count). The lowest BCUT2D eigenvalue weighted by molar-refractivity contribution is 0.104. The van der Waals surface area contributed by atoms with E-state index in [1.165, 1.54) is 6.08 Å². The summed E-state index contributed by atoms with van der Waals surface area (Å²) in [6, 6.07) is 5.64. The van der Waals surface area contributed by atoms with Crippen molar-refractivity contribution in [3.8, 4) is 12.3 Å². The van der Waals surface area contributed by atoms with Crippen molar-refractivity contribution in [2.75, 3.05) is 0 Å². The van der Waals surface area contributed by atoms with Gasteiger partial charge in [0.25, 0.3) is 0 Å². The summed E-state index contributed by atoms with van der Waals surface area (Å²) in [5.74, 6) is 2.50. The van der Waals surface area contributed by atoms with Crippen molar-refractivity contribution in [2.24, 2.45) is 0 Å². The molecular formula is C13H12O. The molecular weight excluding hydrogens is 172 g/mol. The van der Waals surface area contributed by atoms with Gasteiger partial charge in [0, 0.05) is 12.0 Å². The van der Waals surface area contributed by atoms with E-state index in [1.807, 2.05) is 25.1 Å². The normalized spacial score (nSPS) is 9.14. The Kier molecular flexibility index (Phi) is 3.25. The molecule has 0 spiro atoms. The maximum absolute atomic E-state index is 11.4. The second-order valence-corrected chi connectivity index (χ2v) is 3.16. The fourth-order valence-electron chi connectivity index (χ4n) is 1.34. The van der Waals surface area contributed by atoms with Crippen molar-refractivity contribution in [1.82, 2.24) is 0 Å². The van der Waals surface area contributed by atoms with Gasteiger partial charge in [0.2, 0.25) is 0 Å². The number of hydrogen-bond acceptors (Lipinski definition) is 1. The summed E-state index contributed by atoms with van der Waals surface area (Å²) in [5.41, 5.74) is 2.70. The van der Waals surface area contributed by atoms with Gasteiger partial charge in [0.1, 0.15) is 0 Å². The largest absolute Gasteiger partial charge is 0.289 e. The molecule has 0 aliphatic heterocycles. The van der Waals surface area contributed by atoms with Crippen LogP contribution in [0.5, 0.6) is 0 Å². The van der Waals surface area contributed by atoms with Crippen LogP contribution in [-0.2, 0) is 6.42 Å². The first-order chi connectivity index (χ1) is 6.67. The first kappa shape index (κ1) is 10.3. The molecule has 1 nitrogen and oxygen atoms in total. The Morgan fingerprint density at radius 3 is 2.86 bits per heavy atom. The zero-order valence-electron chi connectivity index (χ0n) is 8.21. The van der Waals surface area contributed by atoms with E-state index >= 15 is 0 Å². The third kappa shape index (κ3) is 2.34. The third-order valence-corrected chi connectivity index (χ3v) is 1.91. The Morgan fingerprint density at radius 1 is 1.57 bits per heavy atom. The summed E-state index contributed by atoms with van der Waals surface area (Å²) in [7, 11) is 0. The predicted molar refractivity (Wildman–Crippen MR) is 58.2 cm³/mol. The van der Waals surface area contributed by atoms with Crippen LogP contribution >= 0.6 is 0 Å². The average Bonchev–Trinajstić information content (AvgIpc) is 2.16. The van der Waals surface area contributed by atoms with E-state index in [4.69, 9.17) is 6.42 Å². The van der Waals surface area contributed by atoms with Gasteiger partial charge in [-0.05, 0) is 30.7 Å². The summed E-state index contributed by atoms with van der Waals surface area (Å²) in [6.07, 6.45) is 7.08. The number of rotatable bonds is 3. The summed E-state index contributed by atoms with van der Waals surface area (Å²) < 4.78 is 0. The van der Waals surface area contributed by atoms with E-state index < -0.39 is 0 Å². The van der Waals surface area contributed by atoms with Crippen molar-refractivity contribution in [3.05, 3.63) is 47.5 Å². The molecule has 0 fully saturated rings. The fraction of sp³-hybridized carbons (Fsp3) is 0.154. The van der Waals surface area contributed by atoms with Gasteiger partial charge in [-0.1, -0.05) is 18.2 Å². The Labute approximate surface area is 84.5 Å². The van der Waals surface area contributed by atoms with E-state index in [9.17, 15) is 4.79 Å². The highest BCUT2D eigenvalue weighted by atomic mass is 16.1. The van der Waals surface area contributed by atoms with Crippen molar-refractivity contribution in [2.45, 2.75) is 13.3 Å². The van der Waals surface area contributed by atoms with Gasteiger partial charge >= 0.3 is 0 Å². The SMILES string of the molecule is C#CCc1cc(C)cc(C(=O)C=C)c1. The Bertz CT molecular complexity index is 408. The lowest BCUT2D eigenvalue weighted by Crippen LogP contribution is -1.96. The van der Waals surface area contributed by atoms with Crippen LogP contribution in [0.3, 0.4) is 0 Å². The van der Waals surface area contributed by atoms with E-state index in [-0.39, 0.29) is 5.78 Å². The predicted octanol–water partition coefficient (Wildman–Crippen LogP) is 2.54. The highest BCUT2D eigenvalue weighted by molar-refractivity contribution is 6.04. The summed E-state index contributed by atoms with van der Waals surface area (Å²) in [6.45, 7) is 5.40. The van der Waals surface area contributed by atoms with Crippen molar-refractivity contribution in [1.29, 1.82) is 0 Å². The standard InChI is InChI=1S/C13H12O/c1-4-6-11-7-10(3)8-12(9-11)13(14)5-2/h1,5,7-9H,2,6H2,3H3. The van der Waals surface area contributed by atoms with Crippen LogP contribution in [0.25, 0.3) is 0 Å². The molecule has 0 saturated heterocycles. The average molecular weight is 184 g/mol. The van der Waals surface area contributed by atoms with Crippen LogP contribution in [-0.4, -0.2) is 5.78 Å². The number of carbonyl (C=O) groups excluding carboxylic acids is 1. The molecule has 0 amide bonds. The second-order valence-electron chi connectivity index (χ2n) is 3.16. The van der Waals surface area contributed by atoms with E-state index in [0.29, 0.717) is 12.0 Å². The molecule has 70 valence electrons. The van der Waals surface area contributed by atoms with Gasteiger partial charge in [0.05, 0.1) is 0 Å². The number of carbonyl (C=O) groups is 1. The Hall–Kier alpha value is -1.81. The minimum atomic E-state index is -0.0630. The highest BCUT2D eigenvalue weighted by Gasteiger charge is 2.03. The number of allylic oxidation sites excluding steroid dienone is 1. The number of aryl methyl sites for hydroxylation is 1. The molecule has 0 aromatic heterocycles. The molecule has 0 aliphatic carbocycles. The highest BCUT2D eigenvalue weighted by Crippen LogP contribution is 2.11. The van der Waals surface area contributed by atoms with Crippen molar-refractivity contribution < 1.29 is 4.79 Å². The molecule has 0 aliphatic rings. The van der Waals surface area contributed by atoms with Gasteiger partial charge in [-0.15, -0.1) is 12.3 Å². The lowest BCUT2D eigenvalue weighted by atomic mass is 10.0. The van der Waals surface area contributed by atoms with E-state index in [1.54, 1.807) is 0 Å². The molecule has 1 aromatic rings. The third-order valence-electron chi connectivity index (χ3n) is 1.91. The molecule has 0 radical (unpaired) electrons. The minimum absolute atomic E-state index is 0.0630. The van der Waals surface area contributed by atoms with Crippen LogP contribution in [0.1, 0.15) is 21.5 Å². The Morgan fingerprint density at radius 2 is 2.29 bits per heavy atom. The molecule has 0 unspecified atom stereocenters. The van der Waals surface area contributed by atoms with Gasteiger partial charge in [0.15, 0.2) is 5.78 Å². The van der Waals surface area contributed by atoms with Gasteiger partial charge in [-0.25, -0.2) is 0 Å². The number of ketones is 1. The van der Waals surface area contributed by atoms with Crippen molar-refractivity contribution in [3.63, 3.8) is 0 Å². The number of terminal acetylenes is 1. The number of benzene rings is 1. The molecule has 0 N–H and O–H groups in total. The fourth-order valence-corrected chi connectivity index (χ4v) is 1.34. The number of hydrogen-bond donors (Lipinski definition) is 0. The monoisotopic (exact) mass is 184 g/mol. The molecule has 14 heavy (non-hydrogen) atoms. The van der Waals surface area contributed by atoms with Gasteiger partial charge < -0.3 is 0 Å². The van der Waals surface area contributed by atoms with Crippen LogP contribution in [0.15, 0.2) is 30.9 Å². The minimum Gasteiger partial charge on any atom is -0.289 e. The second kappa shape index (κ2) is 4.43. The molecule has 1 aromatic carbocycles. The maximum atomic E-state index is 11.4. The molecule has 0 heterocycles. The quantitative estimate of drug-likeness (QED) is 0.401. The topological polar surface area (TPSA) is 17.1 Å². The first-order valence-electron chi connectivity index (χ1n) is 4.38. The summed E-state index contributed by atoms with van der Waals surface area (Å²) in [5, 5.41) is 0. The zero-order valence-corrected chi connectivity index (χ0v) is 8.21. The molecule has 1 heteroatoms. The van der Waals surface area contributed by atoms with Crippen LogP contribution in [0.4, 0.5) is 0 Å². The van der Waals surface area contributed by atoms with Crippen LogP contribution in [0.2, 0.25) is 0 Å². The lowest BCUT2D eigenvalue weighted by Gasteiger charge is -2.02. The zero-order chi connectivity index (χ0) is 10.6. The van der Waals surface area contributed by atoms with Gasteiger partial charge in [-0.3, -0.25) is 4.79 Å². The molecule has 0 atom stereocenters. The Balaban J connectivity index is 3.14.